The number of methoxy groups -OCH3 is 1. The first-order valence-electron chi connectivity index (χ1n) is 9.46. The van der Waals surface area contributed by atoms with Gasteiger partial charge in [0, 0.05) is 49.3 Å². The third kappa shape index (κ3) is 3.83. The number of sulfonamides is 1. The zero-order chi connectivity index (χ0) is 21.3. The number of para-hydroxylation sites is 1. The summed E-state index contributed by atoms with van der Waals surface area (Å²) in [4.78, 5) is 14.9. The van der Waals surface area contributed by atoms with Crippen molar-refractivity contribution in [3.63, 3.8) is 0 Å². The summed E-state index contributed by atoms with van der Waals surface area (Å²) in [6.07, 6.45) is 0. The average Bonchev–Trinajstić information content (AvgIpc) is 3.12. The molecule has 2 heterocycles. The molecule has 7 nitrogen and oxygen atoms in total. The van der Waals surface area contributed by atoms with Gasteiger partial charge in [0.2, 0.25) is 10.0 Å². The van der Waals surface area contributed by atoms with Gasteiger partial charge in [-0.05, 0) is 24.3 Å². The van der Waals surface area contributed by atoms with Crippen LogP contribution in [0.2, 0.25) is 5.02 Å². The number of ether oxygens (including phenoxy) is 1. The molecule has 2 aromatic carbocycles. The van der Waals surface area contributed by atoms with Crippen LogP contribution >= 0.6 is 11.6 Å². The maximum atomic E-state index is 13.1. The van der Waals surface area contributed by atoms with Crippen molar-refractivity contribution in [1.29, 1.82) is 0 Å². The van der Waals surface area contributed by atoms with E-state index in [0.717, 1.165) is 5.39 Å². The van der Waals surface area contributed by atoms with Crippen LogP contribution in [0.3, 0.4) is 0 Å². The Kier molecular flexibility index (Phi) is 5.84. The van der Waals surface area contributed by atoms with Crippen molar-refractivity contribution in [2.75, 3.05) is 33.3 Å². The monoisotopic (exact) mass is 448 g/mol. The Hall–Kier alpha value is -2.39. The number of furan rings is 1. The third-order valence-electron chi connectivity index (χ3n) is 5.14. The molecule has 0 radical (unpaired) electrons. The van der Waals surface area contributed by atoms with E-state index in [1.54, 1.807) is 30.2 Å². The number of halogens is 1. The number of rotatable bonds is 5. The van der Waals surface area contributed by atoms with Gasteiger partial charge in [0.15, 0.2) is 5.76 Å². The minimum Gasteiger partial charge on any atom is -0.451 e. The number of hydrogen-bond donors (Lipinski definition) is 0. The second-order valence-electron chi connectivity index (χ2n) is 6.99. The first-order valence-corrected chi connectivity index (χ1v) is 11.3. The molecule has 0 N–H and O–H groups in total. The van der Waals surface area contributed by atoms with E-state index >= 15 is 0 Å². The molecule has 30 heavy (non-hydrogen) atoms. The van der Waals surface area contributed by atoms with E-state index in [0.29, 0.717) is 16.2 Å². The van der Waals surface area contributed by atoms with Crippen molar-refractivity contribution in [3.05, 3.63) is 64.9 Å². The minimum absolute atomic E-state index is 0.148. The molecule has 1 saturated heterocycles. The highest BCUT2D eigenvalue weighted by molar-refractivity contribution is 7.89. The van der Waals surface area contributed by atoms with E-state index in [1.165, 1.54) is 16.4 Å². The standard InChI is InChI=1S/C21H21ClN2O5S/c1-28-14-18-17-7-2-3-8-19(17)29-20(18)21(25)23-9-11-24(12-10-23)30(26,27)16-6-4-5-15(22)13-16/h2-8,13H,9-12,14H2,1H3. The maximum Gasteiger partial charge on any atom is 0.290 e. The number of fused-ring (bicyclic) bond motifs is 1. The van der Waals surface area contributed by atoms with E-state index in [2.05, 4.69) is 0 Å². The largest absolute Gasteiger partial charge is 0.451 e. The summed E-state index contributed by atoms with van der Waals surface area (Å²) < 4.78 is 38.2. The second kappa shape index (κ2) is 8.39. The number of carbonyl (C=O) groups is 1. The SMILES string of the molecule is COCc1c(C(=O)N2CCN(S(=O)(=O)c3cccc(Cl)c3)CC2)oc2ccccc12. The summed E-state index contributed by atoms with van der Waals surface area (Å²) in [5.74, 6) is -0.0257. The fraction of sp³-hybridized carbons (Fsp3) is 0.286. The van der Waals surface area contributed by atoms with E-state index in [-0.39, 0.29) is 49.3 Å². The number of nitrogens with zero attached hydrogens (tertiary/aromatic N) is 2. The van der Waals surface area contributed by atoms with Crippen LogP contribution < -0.4 is 0 Å². The predicted molar refractivity (Wildman–Crippen MR) is 113 cm³/mol. The zero-order valence-electron chi connectivity index (χ0n) is 16.4. The lowest BCUT2D eigenvalue weighted by atomic mass is 10.1. The van der Waals surface area contributed by atoms with Crippen LogP contribution in [0.25, 0.3) is 11.0 Å². The molecule has 0 saturated carbocycles. The summed E-state index contributed by atoms with van der Waals surface area (Å²) in [6.45, 7) is 1.17. The van der Waals surface area contributed by atoms with Gasteiger partial charge in [-0.25, -0.2) is 8.42 Å². The highest BCUT2D eigenvalue weighted by Crippen LogP contribution is 2.28. The maximum absolute atomic E-state index is 13.1. The highest BCUT2D eigenvalue weighted by Gasteiger charge is 2.32. The molecular formula is C21H21ClN2O5S. The number of piperazine rings is 1. The number of amides is 1. The Morgan fingerprint density at radius 2 is 1.83 bits per heavy atom. The molecule has 0 spiro atoms. The Morgan fingerprint density at radius 1 is 1.10 bits per heavy atom. The van der Waals surface area contributed by atoms with Gasteiger partial charge in [-0.15, -0.1) is 0 Å². The summed E-state index contributed by atoms with van der Waals surface area (Å²) >= 11 is 5.94. The molecule has 4 rings (SSSR count). The fourth-order valence-electron chi connectivity index (χ4n) is 3.61. The lowest BCUT2D eigenvalue weighted by molar-refractivity contribution is 0.0662. The Bertz CT molecular complexity index is 1180. The first kappa shape index (κ1) is 20.9. The van der Waals surface area contributed by atoms with E-state index < -0.39 is 10.0 Å². The Balaban J connectivity index is 1.53. The number of carbonyl (C=O) groups excluding carboxylic acids is 1. The van der Waals surface area contributed by atoms with Gasteiger partial charge in [-0.1, -0.05) is 35.9 Å². The van der Waals surface area contributed by atoms with Gasteiger partial charge >= 0.3 is 0 Å². The summed E-state index contributed by atoms with van der Waals surface area (Å²) in [7, 11) is -2.10. The Morgan fingerprint density at radius 3 is 2.53 bits per heavy atom. The van der Waals surface area contributed by atoms with Crippen LogP contribution in [0.5, 0.6) is 0 Å². The Labute approximate surface area is 179 Å². The van der Waals surface area contributed by atoms with Crippen LogP contribution in [0.15, 0.2) is 57.8 Å². The lowest BCUT2D eigenvalue weighted by Crippen LogP contribution is -2.50. The van der Waals surface area contributed by atoms with Crippen LogP contribution in [0, 0.1) is 0 Å². The number of benzene rings is 2. The molecule has 1 aliphatic rings. The molecule has 0 unspecified atom stereocenters. The van der Waals surface area contributed by atoms with Gasteiger partial charge in [0.05, 0.1) is 11.5 Å². The van der Waals surface area contributed by atoms with Gasteiger partial charge in [0.1, 0.15) is 5.58 Å². The molecule has 9 heteroatoms. The van der Waals surface area contributed by atoms with Gasteiger partial charge in [-0.2, -0.15) is 4.31 Å². The molecule has 1 aromatic heterocycles. The van der Waals surface area contributed by atoms with Crippen molar-refractivity contribution in [2.24, 2.45) is 0 Å². The summed E-state index contributed by atoms with van der Waals surface area (Å²) in [5.41, 5.74) is 1.32. The van der Waals surface area contributed by atoms with Crippen molar-refractivity contribution < 1.29 is 22.4 Å². The predicted octanol–water partition coefficient (Wildman–Crippen LogP) is 3.38. The van der Waals surface area contributed by atoms with Crippen LogP contribution in [-0.2, 0) is 21.4 Å². The van der Waals surface area contributed by atoms with E-state index in [1.807, 2.05) is 18.2 Å². The quantitative estimate of drug-likeness (QED) is 0.597. The first-order chi connectivity index (χ1) is 14.4. The second-order valence-corrected chi connectivity index (χ2v) is 9.37. The van der Waals surface area contributed by atoms with Crippen LogP contribution in [0.1, 0.15) is 16.1 Å². The van der Waals surface area contributed by atoms with Crippen molar-refractivity contribution in [3.8, 4) is 0 Å². The fourth-order valence-corrected chi connectivity index (χ4v) is 5.33. The van der Waals surface area contributed by atoms with Crippen molar-refractivity contribution in [1.82, 2.24) is 9.21 Å². The molecule has 0 bridgehead atoms. The van der Waals surface area contributed by atoms with E-state index in [9.17, 15) is 13.2 Å². The minimum atomic E-state index is -3.67. The average molecular weight is 449 g/mol. The molecule has 1 aliphatic heterocycles. The normalized spacial score (nSPS) is 15.6. The topological polar surface area (TPSA) is 80.1 Å². The van der Waals surface area contributed by atoms with Gasteiger partial charge in [0.25, 0.3) is 5.91 Å². The molecular weight excluding hydrogens is 428 g/mol. The van der Waals surface area contributed by atoms with Crippen molar-refractivity contribution in [2.45, 2.75) is 11.5 Å². The molecule has 0 aliphatic carbocycles. The molecule has 3 aromatic rings. The van der Waals surface area contributed by atoms with Gasteiger partial charge < -0.3 is 14.1 Å². The molecule has 1 fully saturated rings. The number of hydrogen-bond acceptors (Lipinski definition) is 5. The molecule has 0 atom stereocenters. The molecule has 158 valence electrons. The zero-order valence-corrected chi connectivity index (χ0v) is 17.9. The third-order valence-corrected chi connectivity index (χ3v) is 7.27. The lowest BCUT2D eigenvalue weighted by Gasteiger charge is -2.33. The summed E-state index contributed by atoms with van der Waals surface area (Å²) in [6, 6.07) is 13.6. The van der Waals surface area contributed by atoms with Crippen LogP contribution in [-0.4, -0.2) is 56.8 Å². The smallest absolute Gasteiger partial charge is 0.290 e. The summed E-state index contributed by atoms with van der Waals surface area (Å²) in [5, 5.41) is 1.20. The van der Waals surface area contributed by atoms with E-state index in [4.69, 9.17) is 20.8 Å². The van der Waals surface area contributed by atoms with Crippen LogP contribution in [0.4, 0.5) is 0 Å². The van der Waals surface area contributed by atoms with Crippen molar-refractivity contribution >= 4 is 38.5 Å². The highest BCUT2D eigenvalue weighted by atomic mass is 35.5. The molecule has 1 amide bonds. The van der Waals surface area contributed by atoms with Gasteiger partial charge in [-0.3, -0.25) is 4.79 Å².